The molecule has 0 bridgehead atoms. The summed E-state index contributed by atoms with van der Waals surface area (Å²) in [5, 5.41) is 9.21. The molecule has 0 unspecified atom stereocenters. The third kappa shape index (κ3) is 9.42. The highest BCUT2D eigenvalue weighted by Crippen LogP contribution is 2.26. The number of anilines is 1. The number of nitrogens with two attached hydrogens (primary N) is 1. The van der Waals surface area contributed by atoms with Gasteiger partial charge in [-0.05, 0) is 36.6 Å². The van der Waals surface area contributed by atoms with Crippen LogP contribution in [-0.4, -0.2) is 74.5 Å². The highest BCUT2D eigenvalue weighted by atomic mass is 16.2. The van der Waals surface area contributed by atoms with Gasteiger partial charge < -0.3 is 31.5 Å². The van der Waals surface area contributed by atoms with E-state index < -0.39 is 0 Å². The largest absolute Gasteiger partial charge is 0.355 e. The van der Waals surface area contributed by atoms with Gasteiger partial charge in [0, 0.05) is 82.2 Å². The van der Waals surface area contributed by atoms with Gasteiger partial charge in [-0.15, -0.1) is 0 Å². The quantitative estimate of drug-likeness (QED) is 0.195. The van der Waals surface area contributed by atoms with Crippen molar-refractivity contribution in [3.05, 3.63) is 65.2 Å². The van der Waals surface area contributed by atoms with Gasteiger partial charge in [0.1, 0.15) is 0 Å². The third-order valence-corrected chi connectivity index (χ3v) is 7.58. The fourth-order valence-corrected chi connectivity index (χ4v) is 4.93. The second kappa shape index (κ2) is 15.9. The van der Waals surface area contributed by atoms with Crippen LogP contribution in [0.3, 0.4) is 0 Å². The Kier molecular flexibility index (Phi) is 11.7. The smallest absolute Gasteiger partial charge is 0.228 e. The number of nitrogens with one attached hydrogen (secondary N) is 3. The van der Waals surface area contributed by atoms with Crippen LogP contribution in [0.25, 0.3) is 0 Å². The number of amides is 3. The number of carbonyl (C=O) groups is 3. The van der Waals surface area contributed by atoms with Crippen molar-refractivity contribution in [2.75, 3.05) is 50.7 Å². The molecule has 1 heterocycles. The molecular weight excluding hydrogens is 516 g/mol. The van der Waals surface area contributed by atoms with Crippen molar-refractivity contribution >= 4 is 23.4 Å². The van der Waals surface area contributed by atoms with Crippen molar-refractivity contribution < 1.29 is 14.4 Å². The second-order valence-corrected chi connectivity index (χ2v) is 10.6. The zero-order valence-electron chi connectivity index (χ0n) is 23.8. The number of hydrogen-bond acceptors (Lipinski definition) is 6. The van der Waals surface area contributed by atoms with Crippen molar-refractivity contribution in [3.63, 3.8) is 0 Å². The maximum Gasteiger partial charge on any atom is 0.228 e. The number of para-hydroxylation sites is 1. The first-order valence-corrected chi connectivity index (χ1v) is 14.7. The van der Waals surface area contributed by atoms with Crippen LogP contribution in [-0.2, 0) is 20.9 Å². The normalized spacial score (nSPS) is 14.0. The van der Waals surface area contributed by atoms with Gasteiger partial charge in [-0.2, -0.15) is 0 Å². The SMILES string of the molecule is NCCNC(=O)CCN(CCC(=O)NCCNC1CCC1)CCC(=O)N1Cc2ccccc2C#Cc2ccccc21. The van der Waals surface area contributed by atoms with Crippen LogP contribution in [0.4, 0.5) is 5.69 Å². The first-order valence-electron chi connectivity index (χ1n) is 14.7. The van der Waals surface area contributed by atoms with Crippen molar-refractivity contribution in [1.29, 1.82) is 0 Å². The lowest BCUT2D eigenvalue weighted by Gasteiger charge is -2.28. The molecular formula is C32H42N6O3. The average Bonchev–Trinajstić information content (AvgIpc) is 2.95. The molecule has 0 radical (unpaired) electrons. The summed E-state index contributed by atoms with van der Waals surface area (Å²) in [5.74, 6) is 6.33. The number of rotatable bonds is 15. The molecule has 0 spiro atoms. The van der Waals surface area contributed by atoms with Gasteiger partial charge in [0.2, 0.25) is 17.7 Å². The van der Waals surface area contributed by atoms with E-state index in [0.717, 1.165) is 28.9 Å². The number of hydrogen-bond donors (Lipinski definition) is 4. The Balaban J connectivity index is 1.36. The standard InChI is InChI=1S/C32H42N6O3/c33-17-18-35-30(39)14-21-37(22-15-31(40)36-20-19-34-28-9-5-10-28)23-16-32(41)38-24-27-8-2-1-6-25(27)12-13-26-7-3-4-11-29(26)38/h1-4,6-8,11,28,34H,5,9-10,14-24,33H2,(H,35,39)(H,36,40). The lowest BCUT2D eigenvalue weighted by atomic mass is 9.93. The van der Waals surface area contributed by atoms with E-state index in [-0.39, 0.29) is 30.6 Å². The van der Waals surface area contributed by atoms with E-state index in [4.69, 9.17) is 5.73 Å². The van der Waals surface area contributed by atoms with Gasteiger partial charge in [-0.1, -0.05) is 48.6 Å². The van der Waals surface area contributed by atoms with Crippen LogP contribution in [0.2, 0.25) is 0 Å². The topological polar surface area (TPSA) is 120 Å². The number of fused-ring (bicyclic) bond motifs is 2. The average molecular weight is 559 g/mol. The minimum Gasteiger partial charge on any atom is -0.355 e. The fraction of sp³-hybridized carbons (Fsp3) is 0.469. The lowest BCUT2D eigenvalue weighted by Crippen LogP contribution is -2.41. The molecule has 4 rings (SSSR count). The monoisotopic (exact) mass is 558 g/mol. The molecule has 1 aliphatic carbocycles. The van der Waals surface area contributed by atoms with E-state index in [2.05, 4.69) is 27.8 Å². The molecule has 9 heteroatoms. The third-order valence-electron chi connectivity index (χ3n) is 7.58. The Labute approximate surface area is 243 Å². The molecule has 0 saturated heterocycles. The maximum atomic E-state index is 13.7. The summed E-state index contributed by atoms with van der Waals surface area (Å²) in [6.45, 7) is 3.94. The van der Waals surface area contributed by atoms with E-state index in [1.807, 2.05) is 53.4 Å². The molecule has 41 heavy (non-hydrogen) atoms. The Hall–Kier alpha value is -3.71. The first-order chi connectivity index (χ1) is 20.0. The molecule has 1 saturated carbocycles. The lowest BCUT2D eigenvalue weighted by molar-refractivity contribution is -0.121. The summed E-state index contributed by atoms with van der Waals surface area (Å²) in [7, 11) is 0. The molecule has 0 aromatic heterocycles. The summed E-state index contributed by atoms with van der Waals surface area (Å²) in [6.07, 6.45) is 4.53. The minimum absolute atomic E-state index is 0.0277. The molecule has 9 nitrogen and oxygen atoms in total. The Morgan fingerprint density at radius 3 is 2.17 bits per heavy atom. The molecule has 218 valence electrons. The van der Waals surface area contributed by atoms with Crippen molar-refractivity contribution in [1.82, 2.24) is 20.9 Å². The molecule has 2 aliphatic rings. The minimum atomic E-state index is -0.0915. The van der Waals surface area contributed by atoms with E-state index in [9.17, 15) is 14.4 Å². The van der Waals surface area contributed by atoms with Crippen LogP contribution in [0, 0.1) is 11.8 Å². The molecule has 1 fully saturated rings. The maximum absolute atomic E-state index is 13.7. The number of nitrogens with zero attached hydrogens (tertiary/aromatic N) is 2. The highest BCUT2D eigenvalue weighted by Gasteiger charge is 2.22. The zero-order chi connectivity index (χ0) is 28.9. The van der Waals surface area contributed by atoms with Gasteiger partial charge in [-0.3, -0.25) is 14.4 Å². The van der Waals surface area contributed by atoms with Crippen molar-refractivity contribution in [2.45, 2.75) is 51.1 Å². The number of benzene rings is 2. The summed E-state index contributed by atoms with van der Waals surface area (Å²) in [5.41, 5.74) is 9.02. The van der Waals surface area contributed by atoms with Crippen LogP contribution < -0.4 is 26.6 Å². The van der Waals surface area contributed by atoms with Crippen LogP contribution in [0.15, 0.2) is 48.5 Å². The summed E-state index contributed by atoms with van der Waals surface area (Å²) < 4.78 is 0. The van der Waals surface area contributed by atoms with Crippen molar-refractivity contribution in [3.8, 4) is 11.8 Å². The fourth-order valence-electron chi connectivity index (χ4n) is 4.93. The van der Waals surface area contributed by atoms with Gasteiger partial charge >= 0.3 is 0 Å². The molecule has 2 aromatic carbocycles. The number of carbonyl (C=O) groups excluding carboxylic acids is 3. The van der Waals surface area contributed by atoms with Crippen LogP contribution in [0.5, 0.6) is 0 Å². The van der Waals surface area contributed by atoms with Gasteiger partial charge in [0.25, 0.3) is 0 Å². The molecule has 3 amide bonds. The van der Waals surface area contributed by atoms with Gasteiger partial charge in [-0.25, -0.2) is 0 Å². The van der Waals surface area contributed by atoms with Gasteiger partial charge in [0.15, 0.2) is 0 Å². The zero-order valence-corrected chi connectivity index (χ0v) is 23.8. The molecule has 5 N–H and O–H groups in total. The summed E-state index contributed by atoms with van der Waals surface area (Å²) >= 11 is 0. The molecule has 1 aliphatic heterocycles. The summed E-state index contributed by atoms with van der Waals surface area (Å²) in [6, 6.07) is 16.2. The highest BCUT2D eigenvalue weighted by molar-refractivity contribution is 5.95. The predicted molar refractivity (Wildman–Crippen MR) is 161 cm³/mol. The van der Waals surface area contributed by atoms with Crippen LogP contribution in [0.1, 0.15) is 55.2 Å². The Morgan fingerprint density at radius 2 is 1.46 bits per heavy atom. The van der Waals surface area contributed by atoms with Crippen LogP contribution >= 0.6 is 0 Å². The predicted octanol–water partition coefficient (Wildman–Crippen LogP) is 1.74. The van der Waals surface area contributed by atoms with E-state index in [0.29, 0.717) is 58.3 Å². The van der Waals surface area contributed by atoms with Crippen molar-refractivity contribution in [2.24, 2.45) is 5.73 Å². The van der Waals surface area contributed by atoms with Gasteiger partial charge in [0.05, 0.1) is 12.2 Å². The Bertz CT molecular complexity index is 1250. The Morgan fingerprint density at radius 1 is 0.829 bits per heavy atom. The van der Waals surface area contributed by atoms with E-state index in [1.54, 1.807) is 4.90 Å². The second-order valence-electron chi connectivity index (χ2n) is 10.6. The van der Waals surface area contributed by atoms with E-state index in [1.165, 1.54) is 19.3 Å². The molecule has 2 aromatic rings. The molecule has 0 atom stereocenters. The first kappa shape index (κ1) is 30.3. The summed E-state index contributed by atoms with van der Waals surface area (Å²) in [4.78, 5) is 42.3. The van der Waals surface area contributed by atoms with E-state index >= 15 is 0 Å².